The number of benzene rings is 2. The van der Waals surface area contributed by atoms with Crippen molar-refractivity contribution in [1.82, 2.24) is 4.98 Å². The summed E-state index contributed by atoms with van der Waals surface area (Å²) in [6.45, 7) is 0. The summed E-state index contributed by atoms with van der Waals surface area (Å²) in [6.07, 6.45) is 1.60. The first kappa shape index (κ1) is 13.8. The van der Waals surface area contributed by atoms with Crippen LogP contribution in [0, 0.1) is 0 Å². The molecule has 4 nitrogen and oxygen atoms in total. The molecule has 0 aliphatic heterocycles. The van der Waals surface area contributed by atoms with E-state index in [1.807, 2.05) is 54.6 Å². The van der Waals surface area contributed by atoms with E-state index < -0.39 is 0 Å². The zero-order chi connectivity index (χ0) is 15.2. The first-order valence-electron chi connectivity index (χ1n) is 6.96. The zero-order valence-corrected chi connectivity index (χ0v) is 11.9. The Labute approximate surface area is 128 Å². The van der Waals surface area contributed by atoms with Crippen molar-refractivity contribution in [1.29, 1.82) is 0 Å². The predicted molar refractivity (Wildman–Crippen MR) is 88.4 cm³/mol. The van der Waals surface area contributed by atoms with Gasteiger partial charge in [-0.2, -0.15) is 0 Å². The van der Waals surface area contributed by atoms with Gasteiger partial charge in [-0.3, -0.25) is 9.78 Å². The maximum Gasteiger partial charge on any atom is 0.274 e. The molecule has 0 aliphatic rings. The van der Waals surface area contributed by atoms with Gasteiger partial charge in [-0.05, 0) is 48.5 Å². The quantitative estimate of drug-likeness (QED) is 0.761. The summed E-state index contributed by atoms with van der Waals surface area (Å²) in [7, 11) is 0. The monoisotopic (exact) mass is 289 g/mol. The molecular formula is C18H15N3O. The van der Waals surface area contributed by atoms with Crippen molar-refractivity contribution in [3.05, 3.63) is 84.7 Å². The Morgan fingerprint density at radius 3 is 2.05 bits per heavy atom. The number of pyridine rings is 1. The Morgan fingerprint density at radius 1 is 0.727 bits per heavy atom. The number of carbonyl (C=O) groups is 1. The molecule has 0 radical (unpaired) electrons. The van der Waals surface area contributed by atoms with Crippen LogP contribution in [0.1, 0.15) is 10.5 Å². The Morgan fingerprint density at radius 2 is 1.36 bits per heavy atom. The number of hydrogen-bond acceptors (Lipinski definition) is 3. The molecule has 0 unspecified atom stereocenters. The summed E-state index contributed by atoms with van der Waals surface area (Å²) in [5.41, 5.74) is 3.11. The van der Waals surface area contributed by atoms with Crippen molar-refractivity contribution >= 4 is 23.0 Å². The van der Waals surface area contributed by atoms with Crippen molar-refractivity contribution in [3.63, 3.8) is 0 Å². The summed E-state index contributed by atoms with van der Waals surface area (Å²) in [6, 6.07) is 22.7. The Bertz CT molecular complexity index is 740. The van der Waals surface area contributed by atoms with Gasteiger partial charge >= 0.3 is 0 Å². The molecule has 0 bridgehead atoms. The fourth-order valence-electron chi connectivity index (χ4n) is 2.02. The first-order chi connectivity index (χ1) is 10.8. The van der Waals surface area contributed by atoms with Crippen molar-refractivity contribution in [2.24, 2.45) is 0 Å². The normalized spacial score (nSPS) is 10.0. The molecule has 0 atom stereocenters. The molecule has 4 heteroatoms. The van der Waals surface area contributed by atoms with E-state index in [2.05, 4.69) is 15.6 Å². The minimum absolute atomic E-state index is 0.218. The van der Waals surface area contributed by atoms with Crippen molar-refractivity contribution in [2.75, 3.05) is 10.6 Å². The molecule has 0 saturated carbocycles. The third-order valence-electron chi connectivity index (χ3n) is 3.10. The number of nitrogens with zero attached hydrogens (tertiary/aromatic N) is 1. The van der Waals surface area contributed by atoms with Gasteiger partial charge in [-0.15, -0.1) is 0 Å². The van der Waals surface area contributed by atoms with E-state index in [1.165, 1.54) is 0 Å². The third kappa shape index (κ3) is 3.49. The summed E-state index contributed by atoms with van der Waals surface area (Å²) < 4.78 is 0. The molecular weight excluding hydrogens is 274 g/mol. The van der Waals surface area contributed by atoms with Crippen molar-refractivity contribution in [2.45, 2.75) is 0 Å². The van der Waals surface area contributed by atoms with Gasteiger partial charge in [0.2, 0.25) is 0 Å². The largest absolute Gasteiger partial charge is 0.356 e. The zero-order valence-electron chi connectivity index (χ0n) is 11.9. The van der Waals surface area contributed by atoms with Crippen molar-refractivity contribution < 1.29 is 4.79 Å². The molecule has 3 aromatic rings. The lowest BCUT2D eigenvalue weighted by Gasteiger charge is -2.08. The maximum absolute atomic E-state index is 12.0. The van der Waals surface area contributed by atoms with E-state index >= 15 is 0 Å². The maximum atomic E-state index is 12.0. The highest BCUT2D eigenvalue weighted by atomic mass is 16.1. The number of hydrogen-bond donors (Lipinski definition) is 2. The highest BCUT2D eigenvalue weighted by Gasteiger charge is 2.06. The van der Waals surface area contributed by atoms with E-state index in [4.69, 9.17) is 0 Å². The standard InChI is InChI=1S/C18H15N3O/c22-18(17-8-4-5-13-19-17)21-16-11-9-15(10-12-16)20-14-6-2-1-3-7-14/h1-13,20H,(H,21,22). The second kappa shape index (κ2) is 6.54. The molecule has 1 heterocycles. The smallest absolute Gasteiger partial charge is 0.274 e. The van der Waals surface area contributed by atoms with Gasteiger partial charge in [0, 0.05) is 23.3 Å². The van der Waals surface area contributed by atoms with Crippen LogP contribution in [-0.4, -0.2) is 10.9 Å². The predicted octanol–water partition coefficient (Wildman–Crippen LogP) is 4.08. The van der Waals surface area contributed by atoms with Crippen LogP contribution in [0.4, 0.5) is 17.1 Å². The van der Waals surface area contributed by atoms with Crippen LogP contribution in [0.2, 0.25) is 0 Å². The number of rotatable bonds is 4. The molecule has 2 aromatic carbocycles. The molecule has 0 aliphatic carbocycles. The van der Waals surface area contributed by atoms with E-state index in [0.717, 1.165) is 17.1 Å². The summed E-state index contributed by atoms with van der Waals surface area (Å²) in [5.74, 6) is -0.218. The number of nitrogens with one attached hydrogen (secondary N) is 2. The third-order valence-corrected chi connectivity index (χ3v) is 3.10. The lowest BCUT2D eigenvalue weighted by molar-refractivity contribution is 0.102. The van der Waals surface area contributed by atoms with Crippen LogP contribution in [0.3, 0.4) is 0 Å². The Balaban J connectivity index is 1.66. The van der Waals surface area contributed by atoms with Gasteiger partial charge in [0.1, 0.15) is 5.69 Å². The number of carbonyl (C=O) groups excluding carboxylic acids is 1. The molecule has 2 N–H and O–H groups in total. The van der Waals surface area contributed by atoms with Gasteiger partial charge in [-0.25, -0.2) is 0 Å². The van der Waals surface area contributed by atoms with Gasteiger partial charge in [0.05, 0.1) is 0 Å². The van der Waals surface area contributed by atoms with Crippen LogP contribution >= 0.6 is 0 Å². The second-order valence-electron chi connectivity index (χ2n) is 4.74. The minimum atomic E-state index is -0.218. The molecule has 0 spiro atoms. The molecule has 0 saturated heterocycles. The van der Waals surface area contributed by atoms with E-state index in [0.29, 0.717) is 5.69 Å². The topological polar surface area (TPSA) is 54.0 Å². The molecule has 108 valence electrons. The molecule has 1 aromatic heterocycles. The highest BCUT2D eigenvalue weighted by molar-refractivity contribution is 6.02. The van der Waals surface area contributed by atoms with Gasteiger partial charge in [0.15, 0.2) is 0 Å². The van der Waals surface area contributed by atoms with Crippen LogP contribution in [0.5, 0.6) is 0 Å². The first-order valence-corrected chi connectivity index (χ1v) is 6.96. The number of amides is 1. The molecule has 22 heavy (non-hydrogen) atoms. The molecule has 3 rings (SSSR count). The summed E-state index contributed by atoms with van der Waals surface area (Å²) in [5, 5.41) is 6.11. The van der Waals surface area contributed by atoms with E-state index in [9.17, 15) is 4.79 Å². The van der Waals surface area contributed by atoms with Crippen LogP contribution in [-0.2, 0) is 0 Å². The SMILES string of the molecule is O=C(Nc1ccc(Nc2ccccc2)cc1)c1ccccn1. The average molecular weight is 289 g/mol. The minimum Gasteiger partial charge on any atom is -0.356 e. The van der Waals surface area contributed by atoms with Crippen LogP contribution in [0.25, 0.3) is 0 Å². The molecule has 1 amide bonds. The fraction of sp³-hybridized carbons (Fsp3) is 0. The van der Waals surface area contributed by atoms with Gasteiger partial charge in [0.25, 0.3) is 5.91 Å². The highest BCUT2D eigenvalue weighted by Crippen LogP contribution is 2.18. The summed E-state index contributed by atoms with van der Waals surface area (Å²) >= 11 is 0. The van der Waals surface area contributed by atoms with Crippen LogP contribution < -0.4 is 10.6 Å². The molecule has 0 fully saturated rings. The second-order valence-corrected chi connectivity index (χ2v) is 4.74. The fourth-order valence-corrected chi connectivity index (χ4v) is 2.02. The van der Waals surface area contributed by atoms with Crippen molar-refractivity contribution in [3.8, 4) is 0 Å². The average Bonchev–Trinajstić information content (AvgIpc) is 2.58. The lowest BCUT2D eigenvalue weighted by Crippen LogP contribution is -2.13. The summed E-state index contributed by atoms with van der Waals surface area (Å²) in [4.78, 5) is 16.0. The number of aromatic nitrogens is 1. The van der Waals surface area contributed by atoms with E-state index in [1.54, 1.807) is 24.4 Å². The van der Waals surface area contributed by atoms with Gasteiger partial charge in [-0.1, -0.05) is 24.3 Å². The Hall–Kier alpha value is -3.14. The van der Waals surface area contributed by atoms with E-state index in [-0.39, 0.29) is 5.91 Å². The number of anilines is 3. The Kier molecular flexibility index (Phi) is 4.11. The van der Waals surface area contributed by atoms with Crippen LogP contribution in [0.15, 0.2) is 79.0 Å². The number of para-hydroxylation sites is 1. The van der Waals surface area contributed by atoms with Gasteiger partial charge < -0.3 is 10.6 Å². The lowest BCUT2D eigenvalue weighted by atomic mass is 10.2.